The zero-order valence-electron chi connectivity index (χ0n) is 21.0. The number of aromatic nitrogens is 3. The standard InChI is InChI=1S/C28H31N5O2S/c1-5-6-7-20-8-12-22(13-9-20)33-31-25-16-19(4)24(17-26(25)32-33)29-28(36)30-27(34)21-10-14-23(15-11-21)35-18(2)3/h8-18H,5-7H2,1-4H3,(H2,29,30,34,36). The molecule has 1 aromatic heterocycles. The molecule has 0 fully saturated rings. The Morgan fingerprint density at radius 1 is 1.03 bits per heavy atom. The number of ether oxygens (including phenoxy) is 1. The van der Waals surface area contributed by atoms with E-state index in [4.69, 9.17) is 17.0 Å². The molecule has 0 aliphatic rings. The van der Waals surface area contributed by atoms with Gasteiger partial charge in [0.05, 0.1) is 11.8 Å². The molecular weight excluding hydrogens is 470 g/mol. The Bertz CT molecular complexity index is 1360. The van der Waals surface area contributed by atoms with Crippen molar-refractivity contribution in [3.05, 3.63) is 77.4 Å². The fourth-order valence-electron chi connectivity index (χ4n) is 3.78. The third-order valence-corrected chi connectivity index (χ3v) is 5.88. The molecule has 0 aliphatic carbocycles. The summed E-state index contributed by atoms with van der Waals surface area (Å²) in [5.41, 5.74) is 5.93. The van der Waals surface area contributed by atoms with E-state index in [0.29, 0.717) is 11.3 Å². The quantitative estimate of drug-likeness (QED) is 0.289. The van der Waals surface area contributed by atoms with E-state index in [0.717, 1.165) is 34.4 Å². The number of fused-ring (bicyclic) bond motifs is 1. The molecule has 1 heterocycles. The van der Waals surface area contributed by atoms with Gasteiger partial charge in [0.25, 0.3) is 5.91 Å². The van der Waals surface area contributed by atoms with Crippen LogP contribution < -0.4 is 15.4 Å². The van der Waals surface area contributed by atoms with Gasteiger partial charge in [-0.15, -0.1) is 10.2 Å². The summed E-state index contributed by atoms with van der Waals surface area (Å²) in [5.74, 6) is 0.419. The third kappa shape index (κ3) is 6.26. The van der Waals surface area contributed by atoms with Crippen molar-refractivity contribution in [3.63, 3.8) is 0 Å². The molecule has 36 heavy (non-hydrogen) atoms. The highest BCUT2D eigenvalue weighted by atomic mass is 32.1. The zero-order valence-corrected chi connectivity index (χ0v) is 21.9. The first kappa shape index (κ1) is 25.3. The van der Waals surface area contributed by atoms with Gasteiger partial charge in [-0.1, -0.05) is 25.5 Å². The molecule has 0 aliphatic heterocycles. The van der Waals surface area contributed by atoms with Crippen LogP contribution in [0.25, 0.3) is 16.7 Å². The highest BCUT2D eigenvalue weighted by Gasteiger charge is 2.12. The first-order valence-electron chi connectivity index (χ1n) is 12.2. The van der Waals surface area contributed by atoms with E-state index >= 15 is 0 Å². The van der Waals surface area contributed by atoms with Crippen molar-refractivity contribution in [2.45, 2.75) is 53.1 Å². The molecule has 186 valence electrons. The average molecular weight is 502 g/mol. The predicted octanol–water partition coefficient (Wildman–Crippen LogP) is 5.99. The Labute approximate surface area is 216 Å². The van der Waals surface area contributed by atoms with Gasteiger partial charge < -0.3 is 10.1 Å². The van der Waals surface area contributed by atoms with E-state index in [1.165, 1.54) is 18.4 Å². The summed E-state index contributed by atoms with van der Waals surface area (Å²) in [6, 6.07) is 19.1. The van der Waals surface area contributed by atoms with Crippen molar-refractivity contribution in [3.8, 4) is 11.4 Å². The molecule has 4 rings (SSSR count). The zero-order chi connectivity index (χ0) is 25.7. The summed E-state index contributed by atoms with van der Waals surface area (Å²) in [5, 5.41) is 15.3. The lowest BCUT2D eigenvalue weighted by molar-refractivity contribution is 0.0977. The van der Waals surface area contributed by atoms with Crippen LogP contribution in [0.1, 0.15) is 55.1 Å². The minimum absolute atomic E-state index is 0.0692. The first-order valence-corrected chi connectivity index (χ1v) is 12.6. The summed E-state index contributed by atoms with van der Waals surface area (Å²) >= 11 is 5.39. The average Bonchev–Trinajstić information content (AvgIpc) is 3.26. The number of carbonyl (C=O) groups excluding carboxylic acids is 1. The fourth-order valence-corrected chi connectivity index (χ4v) is 3.98. The number of hydrogen-bond acceptors (Lipinski definition) is 5. The first-order chi connectivity index (χ1) is 17.3. The van der Waals surface area contributed by atoms with Gasteiger partial charge in [0.2, 0.25) is 0 Å². The number of amides is 1. The SMILES string of the molecule is CCCCc1ccc(-n2nc3cc(C)c(NC(=S)NC(=O)c4ccc(OC(C)C)cc4)cc3n2)cc1. The number of nitrogens with one attached hydrogen (secondary N) is 2. The second-order valence-electron chi connectivity index (χ2n) is 9.01. The van der Waals surface area contributed by atoms with Crippen LogP contribution in [0.2, 0.25) is 0 Å². The third-order valence-electron chi connectivity index (χ3n) is 5.68. The molecule has 0 atom stereocenters. The summed E-state index contributed by atoms with van der Waals surface area (Å²) < 4.78 is 5.62. The maximum absolute atomic E-state index is 12.6. The molecule has 1 amide bonds. The topological polar surface area (TPSA) is 81.1 Å². The number of anilines is 1. The number of hydrogen-bond donors (Lipinski definition) is 2. The van der Waals surface area contributed by atoms with E-state index in [9.17, 15) is 4.79 Å². The molecule has 0 radical (unpaired) electrons. The highest BCUT2D eigenvalue weighted by Crippen LogP contribution is 2.22. The Kier molecular flexibility index (Phi) is 7.95. The van der Waals surface area contributed by atoms with Crippen molar-refractivity contribution in [2.75, 3.05) is 5.32 Å². The van der Waals surface area contributed by atoms with Gasteiger partial charge in [-0.05, 0) is 105 Å². The maximum atomic E-state index is 12.6. The smallest absolute Gasteiger partial charge is 0.257 e. The Balaban J connectivity index is 1.43. The van der Waals surface area contributed by atoms with Crippen molar-refractivity contribution in [2.24, 2.45) is 0 Å². The molecule has 0 spiro atoms. The lowest BCUT2D eigenvalue weighted by Crippen LogP contribution is -2.34. The summed E-state index contributed by atoms with van der Waals surface area (Å²) in [6.45, 7) is 8.06. The molecule has 4 aromatic rings. The molecule has 2 N–H and O–H groups in total. The summed E-state index contributed by atoms with van der Waals surface area (Å²) in [7, 11) is 0. The van der Waals surface area contributed by atoms with Crippen molar-refractivity contribution >= 4 is 40.0 Å². The second kappa shape index (κ2) is 11.3. The molecule has 0 bridgehead atoms. The lowest BCUT2D eigenvalue weighted by Gasteiger charge is -2.12. The van der Waals surface area contributed by atoms with Gasteiger partial charge in [0.15, 0.2) is 5.11 Å². The molecule has 0 saturated carbocycles. The van der Waals surface area contributed by atoms with Crippen LogP contribution in [-0.4, -0.2) is 32.1 Å². The van der Waals surface area contributed by atoms with E-state index in [1.807, 2.05) is 45.0 Å². The van der Waals surface area contributed by atoms with E-state index in [1.54, 1.807) is 29.1 Å². The Hall–Kier alpha value is -3.78. The molecule has 0 unspecified atom stereocenters. The normalized spacial score (nSPS) is 11.0. The minimum atomic E-state index is -0.296. The Morgan fingerprint density at radius 2 is 1.69 bits per heavy atom. The summed E-state index contributed by atoms with van der Waals surface area (Å²) in [6.07, 6.45) is 3.51. The van der Waals surface area contributed by atoms with Crippen LogP contribution in [-0.2, 0) is 6.42 Å². The van der Waals surface area contributed by atoms with Crippen LogP contribution in [0.15, 0.2) is 60.7 Å². The highest BCUT2D eigenvalue weighted by molar-refractivity contribution is 7.80. The molecular formula is C28H31N5O2S. The minimum Gasteiger partial charge on any atom is -0.491 e. The summed E-state index contributed by atoms with van der Waals surface area (Å²) in [4.78, 5) is 14.3. The number of nitrogens with zero attached hydrogens (tertiary/aromatic N) is 3. The number of benzene rings is 3. The number of carbonyl (C=O) groups is 1. The van der Waals surface area contributed by atoms with Crippen LogP contribution in [0.4, 0.5) is 5.69 Å². The predicted molar refractivity (Wildman–Crippen MR) is 148 cm³/mol. The molecule has 7 nitrogen and oxygen atoms in total. The van der Waals surface area contributed by atoms with Crippen LogP contribution >= 0.6 is 12.2 Å². The van der Waals surface area contributed by atoms with Gasteiger partial charge in [0.1, 0.15) is 16.8 Å². The molecule has 0 saturated heterocycles. The number of rotatable bonds is 8. The molecule has 3 aromatic carbocycles. The van der Waals surface area contributed by atoms with Gasteiger partial charge >= 0.3 is 0 Å². The number of unbranched alkanes of at least 4 members (excludes halogenated alkanes) is 1. The number of thiocarbonyl (C=S) groups is 1. The van der Waals surface area contributed by atoms with E-state index in [2.05, 4.69) is 39.9 Å². The maximum Gasteiger partial charge on any atom is 0.257 e. The van der Waals surface area contributed by atoms with Gasteiger partial charge in [0, 0.05) is 11.3 Å². The van der Waals surface area contributed by atoms with Crippen LogP contribution in [0.3, 0.4) is 0 Å². The Morgan fingerprint density at radius 3 is 2.33 bits per heavy atom. The van der Waals surface area contributed by atoms with Crippen molar-refractivity contribution < 1.29 is 9.53 Å². The van der Waals surface area contributed by atoms with Crippen LogP contribution in [0, 0.1) is 6.92 Å². The van der Waals surface area contributed by atoms with Gasteiger partial charge in [-0.3, -0.25) is 10.1 Å². The van der Waals surface area contributed by atoms with Crippen LogP contribution in [0.5, 0.6) is 5.75 Å². The van der Waals surface area contributed by atoms with Gasteiger partial charge in [-0.25, -0.2) is 0 Å². The monoisotopic (exact) mass is 501 g/mol. The number of aryl methyl sites for hydroxylation is 2. The van der Waals surface area contributed by atoms with E-state index in [-0.39, 0.29) is 17.1 Å². The molecule has 8 heteroatoms. The van der Waals surface area contributed by atoms with Gasteiger partial charge in [-0.2, -0.15) is 4.80 Å². The van der Waals surface area contributed by atoms with E-state index < -0.39 is 0 Å². The largest absolute Gasteiger partial charge is 0.491 e. The van der Waals surface area contributed by atoms with Crippen molar-refractivity contribution in [1.29, 1.82) is 0 Å². The van der Waals surface area contributed by atoms with Crippen molar-refractivity contribution in [1.82, 2.24) is 20.3 Å². The fraction of sp³-hybridized carbons (Fsp3) is 0.286. The second-order valence-corrected chi connectivity index (χ2v) is 9.42. The lowest BCUT2D eigenvalue weighted by atomic mass is 10.1.